The summed E-state index contributed by atoms with van der Waals surface area (Å²) in [6, 6.07) is 0. The van der Waals surface area contributed by atoms with Gasteiger partial charge in [-0.25, -0.2) is 4.79 Å². The van der Waals surface area contributed by atoms with E-state index in [1.807, 2.05) is 0 Å². The van der Waals surface area contributed by atoms with Crippen molar-refractivity contribution in [2.24, 2.45) is 5.41 Å². The van der Waals surface area contributed by atoms with Crippen LogP contribution in [0.1, 0.15) is 19.3 Å². The number of ether oxygens (including phenoxy) is 2. The molecule has 8 heteroatoms. The van der Waals surface area contributed by atoms with Gasteiger partial charge < -0.3 is 14.8 Å². The molecule has 2 aliphatic heterocycles. The highest BCUT2D eigenvalue weighted by molar-refractivity contribution is 5.81. The van der Waals surface area contributed by atoms with Crippen LogP contribution in [0.2, 0.25) is 0 Å². The lowest BCUT2D eigenvalue weighted by atomic mass is 9.78. The minimum atomic E-state index is -5.06. The lowest BCUT2D eigenvalue weighted by molar-refractivity contribution is -0.213. The highest BCUT2D eigenvalue weighted by Gasteiger charge is 2.53. The molecule has 1 unspecified atom stereocenters. The molecule has 1 N–H and O–H groups in total. The molecule has 0 aromatic carbocycles. The van der Waals surface area contributed by atoms with E-state index in [0.717, 1.165) is 0 Å². The van der Waals surface area contributed by atoms with Gasteiger partial charge in [-0.1, -0.05) is 0 Å². The number of esters is 1. The predicted molar refractivity (Wildman–Crippen MR) is 51.2 cm³/mol. The Hall–Kier alpha value is -1.31. The second-order valence-electron chi connectivity index (χ2n) is 4.50. The van der Waals surface area contributed by atoms with E-state index in [1.165, 1.54) is 0 Å². The Balaban J connectivity index is 2.10. The zero-order chi connectivity index (χ0) is 13.4. The van der Waals surface area contributed by atoms with Crippen molar-refractivity contribution in [2.75, 3.05) is 13.2 Å². The van der Waals surface area contributed by atoms with Gasteiger partial charge in [0.25, 0.3) is 0 Å². The van der Waals surface area contributed by atoms with Crippen molar-refractivity contribution >= 4 is 11.9 Å². The van der Waals surface area contributed by atoms with Crippen LogP contribution in [0.25, 0.3) is 0 Å². The van der Waals surface area contributed by atoms with Crippen molar-refractivity contribution in [3.05, 3.63) is 0 Å². The first-order valence-corrected chi connectivity index (χ1v) is 5.48. The number of halogens is 3. The molecule has 18 heavy (non-hydrogen) atoms. The van der Waals surface area contributed by atoms with Gasteiger partial charge in [0.2, 0.25) is 5.91 Å². The zero-order valence-electron chi connectivity index (χ0n) is 9.38. The van der Waals surface area contributed by atoms with E-state index in [0.29, 0.717) is 26.1 Å². The highest BCUT2D eigenvalue weighted by atomic mass is 19.4. The summed E-state index contributed by atoms with van der Waals surface area (Å²) in [7, 11) is 0. The average molecular weight is 267 g/mol. The van der Waals surface area contributed by atoms with E-state index < -0.39 is 29.7 Å². The van der Waals surface area contributed by atoms with Gasteiger partial charge in [-0.15, -0.1) is 0 Å². The van der Waals surface area contributed by atoms with Crippen LogP contribution in [0.15, 0.2) is 0 Å². The predicted octanol–water partition coefficient (Wildman–Crippen LogP) is 0.735. The van der Waals surface area contributed by atoms with Crippen LogP contribution in [0, 0.1) is 5.41 Å². The summed E-state index contributed by atoms with van der Waals surface area (Å²) in [5, 5.41) is 2.28. The first-order chi connectivity index (χ1) is 8.33. The van der Waals surface area contributed by atoms with Gasteiger partial charge in [0.1, 0.15) is 0 Å². The van der Waals surface area contributed by atoms with Crippen molar-refractivity contribution < 1.29 is 32.2 Å². The average Bonchev–Trinajstić information content (AvgIpc) is 2.54. The number of rotatable bonds is 1. The van der Waals surface area contributed by atoms with Crippen LogP contribution in [-0.4, -0.2) is 37.5 Å². The van der Waals surface area contributed by atoms with Crippen molar-refractivity contribution in [1.82, 2.24) is 5.32 Å². The maximum atomic E-state index is 12.1. The number of carbonyl (C=O) groups is 2. The van der Waals surface area contributed by atoms with Crippen LogP contribution in [0.5, 0.6) is 0 Å². The van der Waals surface area contributed by atoms with E-state index in [4.69, 9.17) is 4.74 Å². The molecule has 2 aliphatic rings. The summed E-state index contributed by atoms with van der Waals surface area (Å²) in [5.41, 5.74) is -0.768. The number of nitrogens with one attached hydrogen (secondary N) is 1. The minimum absolute atomic E-state index is 0.0617. The van der Waals surface area contributed by atoms with E-state index in [2.05, 4.69) is 10.1 Å². The SMILES string of the molecule is O=C1CC2(CCOCC2)C(OC(=O)C(F)(F)F)N1. The molecule has 1 amide bonds. The molecule has 0 aromatic rings. The molecule has 1 spiro atoms. The monoisotopic (exact) mass is 267 g/mol. The third kappa shape index (κ3) is 2.43. The number of amides is 1. The molecule has 102 valence electrons. The largest absolute Gasteiger partial charge is 0.491 e. The van der Waals surface area contributed by atoms with Gasteiger partial charge in [0.15, 0.2) is 6.23 Å². The Bertz CT molecular complexity index is 363. The summed E-state index contributed by atoms with van der Waals surface area (Å²) >= 11 is 0. The van der Waals surface area contributed by atoms with Crippen LogP contribution >= 0.6 is 0 Å². The van der Waals surface area contributed by atoms with Crippen molar-refractivity contribution in [2.45, 2.75) is 31.7 Å². The molecule has 1 atom stereocenters. The second-order valence-corrected chi connectivity index (χ2v) is 4.50. The fraction of sp³-hybridized carbons (Fsp3) is 0.800. The number of alkyl halides is 3. The van der Waals surface area contributed by atoms with E-state index in [9.17, 15) is 22.8 Å². The van der Waals surface area contributed by atoms with Crippen molar-refractivity contribution in [3.8, 4) is 0 Å². The smallest absolute Gasteiger partial charge is 0.434 e. The molecule has 0 aliphatic carbocycles. The Labute approximate surface area is 101 Å². The fourth-order valence-electron chi connectivity index (χ4n) is 2.31. The van der Waals surface area contributed by atoms with Gasteiger partial charge in [-0.05, 0) is 12.8 Å². The summed E-state index contributed by atoms with van der Waals surface area (Å²) in [5.74, 6) is -2.68. The topological polar surface area (TPSA) is 64.6 Å². The standard InChI is InChI=1S/C10H12F3NO4/c11-10(12,13)8(16)18-7-9(5-6(15)14-7)1-3-17-4-2-9/h7H,1-5H2,(H,14,15). The summed E-state index contributed by atoms with van der Waals surface area (Å²) in [4.78, 5) is 22.2. The maximum absolute atomic E-state index is 12.1. The first kappa shape index (κ1) is 13.1. The van der Waals surface area contributed by atoms with Gasteiger partial charge in [-0.2, -0.15) is 13.2 Å². The molecular weight excluding hydrogens is 255 g/mol. The minimum Gasteiger partial charge on any atom is -0.434 e. The van der Waals surface area contributed by atoms with Crippen LogP contribution in [0.4, 0.5) is 13.2 Å². The highest BCUT2D eigenvalue weighted by Crippen LogP contribution is 2.42. The molecule has 0 bridgehead atoms. The lowest BCUT2D eigenvalue weighted by Crippen LogP contribution is -2.46. The Morgan fingerprint density at radius 1 is 1.39 bits per heavy atom. The molecule has 2 fully saturated rings. The zero-order valence-corrected chi connectivity index (χ0v) is 9.38. The summed E-state index contributed by atoms with van der Waals surface area (Å²) in [6.45, 7) is 0.685. The normalized spacial score (nSPS) is 27.1. The number of hydrogen-bond donors (Lipinski definition) is 1. The Morgan fingerprint density at radius 3 is 2.56 bits per heavy atom. The Kier molecular flexibility index (Phi) is 3.22. The van der Waals surface area contributed by atoms with Crippen molar-refractivity contribution in [1.29, 1.82) is 0 Å². The van der Waals surface area contributed by atoms with Crippen molar-refractivity contribution in [3.63, 3.8) is 0 Å². The number of carbonyl (C=O) groups excluding carboxylic acids is 2. The third-order valence-corrected chi connectivity index (χ3v) is 3.31. The Morgan fingerprint density at radius 2 is 2.00 bits per heavy atom. The first-order valence-electron chi connectivity index (χ1n) is 5.48. The molecule has 2 heterocycles. The van der Waals surface area contributed by atoms with Gasteiger partial charge in [-0.3, -0.25) is 4.79 Å². The van der Waals surface area contributed by atoms with Crippen LogP contribution < -0.4 is 5.32 Å². The van der Waals surface area contributed by atoms with Gasteiger partial charge in [0.05, 0.1) is 0 Å². The summed E-state index contributed by atoms with van der Waals surface area (Å²) in [6.07, 6.45) is -5.43. The van der Waals surface area contributed by atoms with Gasteiger partial charge in [0, 0.05) is 25.0 Å². The molecule has 0 radical (unpaired) electrons. The molecule has 2 rings (SSSR count). The molecule has 0 aromatic heterocycles. The fourth-order valence-corrected chi connectivity index (χ4v) is 2.31. The lowest BCUT2D eigenvalue weighted by Gasteiger charge is -2.36. The van der Waals surface area contributed by atoms with Gasteiger partial charge >= 0.3 is 12.1 Å². The molecule has 2 saturated heterocycles. The second kappa shape index (κ2) is 4.42. The quantitative estimate of drug-likeness (QED) is 0.711. The molecular formula is C10H12F3NO4. The van der Waals surface area contributed by atoms with E-state index in [-0.39, 0.29) is 6.42 Å². The third-order valence-electron chi connectivity index (χ3n) is 3.31. The van der Waals surface area contributed by atoms with Crippen LogP contribution in [0.3, 0.4) is 0 Å². The maximum Gasteiger partial charge on any atom is 0.491 e. The number of hydrogen-bond acceptors (Lipinski definition) is 4. The molecule has 5 nitrogen and oxygen atoms in total. The van der Waals surface area contributed by atoms with E-state index in [1.54, 1.807) is 0 Å². The molecule has 0 saturated carbocycles. The van der Waals surface area contributed by atoms with E-state index >= 15 is 0 Å². The summed E-state index contributed by atoms with van der Waals surface area (Å²) < 4.78 is 45.9. The van der Waals surface area contributed by atoms with Crippen LogP contribution in [-0.2, 0) is 19.1 Å².